The van der Waals surface area contributed by atoms with Crippen molar-refractivity contribution < 1.29 is 14.4 Å². The third-order valence-corrected chi connectivity index (χ3v) is 6.01. The molecule has 2 N–H and O–H groups in total. The first-order valence-electron chi connectivity index (χ1n) is 10.9. The van der Waals surface area contributed by atoms with E-state index in [1.54, 1.807) is 4.90 Å². The van der Waals surface area contributed by atoms with E-state index in [0.29, 0.717) is 13.0 Å². The molecule has 0 aromatic heterocycles. The minimum absolute atomic E-state index is 0.0122. The van der Waals surface area contributed by atoms with E-state index in [2.05, 4.69) is 10.6 Å². The van der Waals surface area contributed by atoms with Crippen LogP contribution in [0.1, 0.15) is 64.4 Å². The maximum atomic E-state index is 12.7. The summed E-state index contributed by atoms with van der Waals surface area (Å²) in [6.07, 6.45) is 6.74. The fourth-order valence-corrected chi connectivity index (χ4v) is 4.18. The van der Waals surface area contributed by atoms with E-state index in [9.17, 15) is 14.4 Å². The molecule has 0 bridgehead atoms. The lowest BCUT2D eigenvalue weighted by Crippen LogP contribution is -2.51. The molecule has 1 atom stereocenters. The van der Waals surface area contributed by atoms with Crippen molar-refractivity contribution in [2.24, 2.45) is 11.8 Å². The topological polar surface area (TPSA) is 78.5 Å². The fourth-order valence-electron chi connectivity index (χ4n) is 4.18. The summed E-state index contributed by atoms with van der Waals surface area (Å²) in [5.74, 6) is 0.0883. The first-order chi connectivity index (χ1) is 14.0. The van der Waals surface area contributed by atoms with E-state index in [1.807, 2.05) is 38.1 Å². The molecular weight excluding hydrogens is 366 g/mol. The smallest absolute Gasteiger partial charge is 0.243 e. The zero-order valence-electron chi connectivity index (χ0n) is 17.6. The van der Waals surface area contributed by atoms with Gasteiger partial charge in [0.1, 0.15) is 6.04 Å². The number of hydrogen-bond acceptors (Lipinski definition) is 3. The number of hydrogen-bond donors (Lipinski definition) is 2. The number of amides is 3. The predicted octanol–water partition coefficient (Wildman–Crippen LogP) is 3.15. The highest BCUT2D eigenvalue weighted by Crippen LogP contribution is 2.24. The molecule has 2 aliphatic rings. The van der Waals surface area contributed by atoms with Gasteiger partial charge in [-0.05, 0) is 42.9 Å². The molecule has 0 spiro atoms. The van der Waals surface area contributed by atoms with Gasteiger partial charge >= 0.3 is 0 Å². The minimum atomic E-state index is -0.522. The molecule has 1 saturated heterocycles. The number of anilines is 1. The molecule has 1 unspecified atom stereocenters. The van der Waals surface area contributed by atoms with E-state index in [0.717, 1.165) is 49.9 Å². The van der Waals surface area contributed by atoms with Gasteiger partial charge < -0.3 is 15.5 Å². The summed E-state index contributed by atoms with van der Waals surface area (Å²) in [4.78, 5) is 38.9. The zero-order chi connectivity index (χ0) is 20.8. The lowest BCUT2D eigenvalue weighted by atomic mass is 9.88. The third-order valence-electron chi connectivity index (χ3n) is 6.01. The molecule has 0 radical (unpaired) electrons. The summed E-state index contributed by atoms with van der Waals surface area (Å²) >= 11 is 0. The Balaban J connectivity index is 1.53. The van der Waals surface area contributed by atoms with Crippen LogP contribution in [0.5, 0.6) is 0 Å². The molecule has 29 heavy (non-hydrogen) atoms. The van der Waals surface area contributed by atoms with Crippen molar-refractivity contribution in [1.82, 2.24) is 10.6 Å². The highest BCUT2D eigenvalue weighted by Gasteiger charge is 2.28. The normalized spacial score (nSPS) is 18.7. The zero-order valence-corrected chi connectivity index (χ0v) is 17.6. The summed E-state index contributed by atoms with van der Waals surface area (Å²) in [6, 6.07) is 7.20. The summed E-state index contributed by atoms with van der Waals surface area (Å²) < 4.78 is 0. The molecule has 1 heterocycles. The third kappa shape index (κ3) is 5.58. The first-order valence-corrected chi connectivity index (χ1v) is 10.9. The maximum Gasteiger partial charge on any atom is 0.243 e. The Labute approximate surface area is 173 Å². The summed E-state index contributed by atoms with van der Waals surface area (Å²) in [6.45, 7) is 5.07. The highest BCUT2D eigenvalue weighted by atomic mass is 16.2. The quantitative estimate of drug-likeness (QED) is 0.739. The number of nitrogens with one attached hydrogen (secondary N) is 2. The highest BCUT2D eigenvalue weighted by molar-refractivity contribution is 5.95. The van der Waals surface area contributed by atoms with Crippen molar-refractivity contribution in [2.75, 3.05) is 11.4 Å². The monoisotopic (exact) mass is 399 g/mol. The van der Waals surface area contributed by atoms with Crippen LogP contribution >= 0.6 is 0 Å². The molecule has 1 aliphatic heterocycles. The number of carbonyl (C=O) groups excluding carboxylic acids is 3. The molecule has 6 heteroatoms. The Morgan fingerprint density at radius 2 is 1.76 bits per heavy atom. The molecule has 158 valence electrons. The molecule has 3 amide bonds. The van der Waals surface area contributed by atoms with Gasteiger partial charge in [0, 0.05) is 31.1 Å². The number of benzene rings is 1. The molecular formula is C23H33N3O3. The molecule has 6 nitrogen and oxygen atoms in total. The number of rotatable bonds is 7. The Morgan fingerprint density at radius 3 is 2.34 bits per heavy atom. The SMILES string of the molecule is CC(C)C(NC(=O)C1CCCCC1)C(=O)NCc1ccc(N2CCCC2=O)cc1. The van der Waals surface area contributed by atoms with Gasteiger partial charge in [0.2, 0.25) is 17.7 Å². The minimum Gasteiger partial charge on any atom is -0.350 e. The molecule has 1 aromatic carbocycles. The van der Waals surface area contributed by atoms with Crippen molar-refractivity contribution in [3.8, 4) is 0 Å². The van der Waals surface area contributed by atoms with Crippen molar-refractivity contribution in [2.45, 2.75) is 71.4 Å². The van der Waals surface area contributed by atoms with Crippen LogP contribution in [-0.4, -0.2) is 30.3 Å². The van der Waals surface area contributed by atoms with Gasteiger partial charge in [-0.3, -0.25) is 14.4 Å². The Kier molecular flexibility index (Phi) is 7.29. The largest absolute Gasteiger partial charge is 0.350 e. The van der Waals surface area contributed by atoms with Gasteiger partial charge in [-0.15, -0.1) is 0 Å². The fraction of sp³-hybridized carbons (Fsp3) is 0.609. The van der Waals surface area contributed by atoms with Crippen LogP contribution < -0.4 is 15.5 Å². The molecule has 1 aromatic rings. The van der Waals surface area contributed by atoms with Crippen LogP contribution in [0, 0.1) is 11.8 Å². The van der Waals surface area contributed by atoms with Crippen molar-refractivity contribution >= 4 is 23.4 Å². The second-order valence-corrected chi connectivity index (χ2v) is 8.60. The predicted molar refractivity (Wildman–Crippen MR) is 113 cm³/mol. The number of nitrogens with zero attached hydrogens (tertiary/aromatic N) is 1. The van der Waals surface area contributed by atoms with Gasteiger partial charge in [0.05, 0.1) is 0 Å². The maximum absolute atomic E-state index is 12.7. The van der Waals surface area contributed by atoms with Crippen LogP contribution in [0.4, 0.5) is 5.69 Å². The summed E-state index contributed by atoms with van der Waals surface area (Å²) in [7, 11) is 0. The van der Waals surface area contributed by atoms with Crippen molar-refractivity contribution in [3.05, 3.63) is 29.8 Å². The Bertz CT molecular complexity index is 723. The van der Waals surface area contributed by atoms with E-state index >= 15 is 0 Å². The van der Waals surface area contributed by atoms with Crippen LogP contribution in [0.15, 0.2) is 24.3 Å². The molecule has 1 aliphatic carbocycles. The van der Waals surface area contributed by atoms with E-state index in [1.165, 1.54) is 6.42 Å². The summed E-state index contributed by atoms with van der Waals surface area (Å²) in [5, 5.41) is 5.93. The van der Waals surface area contributed by atoms with Crippen LogP contribution in [-0.2, 0) is 20.9 Å². The second-order valence-electron chi connectivity index (χ2n) is 8.60. The standard InChI is InChI=1S/C23H33N3O3/c1-16(2)21(25-22(28)18-7-4-3-5-8-18)23(29)24-15-17-10-12-19(13-11-17)26-14-6-9-20(26)27/h10-13,16,18,21H,3-9,14-15H2,1-2H3,(H,24,29)(H,25,28). The van der Waals surface area contributed by atoms with Crippen LogP contribution in [0.3, 0.4) is 0 Å². The average Bonchev–Trinajstić information content (AvgIpc) is 3.16. The van der Waals surface area contributed by atoms with Gasteiger partial charge in [-0.2, -0.15) is 0 Å². The Morgan fingerprint density at radius 1 is 1.07 bits per heavy atom. The molecule has 1 saturated carbocycles. The lowest BCUT2D eigenvalue weighted by Gasteiger charge is -2.26. The van der Waals surface area contributed by atoms with E-state index < -0.39 is 6.04 Å². The molecule has 3 rings (SSSR count). The lowest BCUT2D eigenvalue weighted by molar-refractivity contribution is -0.132. The van der Waals surface area contributed by atoms with Gasteiger partial charge in [-0.1, -0.05) is 45.2 Å². The van der Waals surface area contributed by atoms with Crippen molar-refractivity contribution in [3.63, 3.8) is 0 Å². The van der Waals surface area contributed by atoms with E-state index in [4.69, 9.17) is 0 Å². The van der Waals surface area contributed by atoms with Gasteiger partial charge in [0.15, 0.2) is 0 Å². The number of carbonyl (C=O) groups is 3. The molecule has 2 fully saturated rings. The van der Waals surface area contributed by atoms with Gasteiger partial charge in [-0.25, -0.2) is 0 Å². The first kappa shape index (κ1) is 21.3. The second kappa shape index (κ2) is 9.90. The van der Waals surface area contributed by atoms with Crippen LogP contribution in [0.2, 0.25) is 0 Å². The van der Waals surface area contributed by atoms with E-state index in [-0.39, 0.29) is 29.6 Å². The average molecular weight is 400 g/mol. The Hall–Kier alpha value is -2.37. The van der Waals surface area contributed by atoms with Gasteiger partial charge in [0.25, 0.3) is 0 Å². The van der Waals surface area contributed by atoms with Crippen LogP contribution in [0.25, 0.3) is 0 Å². The summed E-state index contributed by atoms with van der Waals surface area (Å²) in [5.41, 5.74) is 1.87. The van der Waals surface area contributed by atoms with Crippen molar-refractivity contribution in [1.29, 1.82) is 0 Å².